The zero-order valence-corrected chi connectivity index (χ0v) is 27.3. The van der Waals surface area contributed by atoms with Crippen molar-refractivity contribution in [3.8, 4) is 11.6 Å². The zero-order valence-electron chi connectivity index (χ0n) is 27.3. The number of ether oxygens (including phenoxy) is 3. The first kappa shape index (κ1) is 32.0. The minimum Gasteiger partial charge on any atom is -0.508 e. The summed E-state index contributed by atoms with van der Waals surface area (Å²) in [7, 11) is 2.02. The lowest BCUT2D eigenvalue weighted by molar-refractivity contribution is -0.0356. The lowest BCUT2D eigenvalue weighted by Crippen LogP contribution is -2.58. The molecule has 1 fully saturated rings. The highest BCUT2D eigenvalue weighted by Gasteiger charge is 2.62. The first-order chi connectivity index (χ1) is 22.8. The molecule has 5 atom stereocenters. The lowest BCUT2D eigenvalue weighted by atomic mass is 9.59. The molecule has 0 spiro atoms. The number of aliphatic hydroxyl groups excluding tert-OH is 1. The topological polar surface area (TPSA) is 175 Å². The van der Waals surface area contributed by atoms with Gasteiger partial charge in [-0.1, -0.05) is 36.4 Å². The van der Waals surface area contributed by atoms with Crippen molar-refractivity contribution in [1.82, 2.24) is 10.1 Å². The van der Waals surface area contributed by atoms with Gasteiger partial charge in [-0.05, 0) is 93.9 Å². The summed E-state index contributed by atoms with van der Waals surface area (Å²) in [4.78, 5) is 43.6. The minimum absolute atomic E-state index is 0.000459. The molecule has 7 rings (SSSR count). The predicted octanol–water partition coefficient (Wildman–Crippen LogP) is 5.15. The van der Waals surface area contributed by atoms with E-state index in [2.05, 4.69) is 10.1 Å². The van der Waals surface area contributed by atoms with Crippen LogP contribution in [-0.4, -0.2) is 62.8 Å². The Kier molecular flexibility index (Phi) is 7.73. The van der Waals surface area contributed by atoms with Crippen LogP contribution in [0.4, 0.5) is 4.79 Å². The molecule has 3 aromatic rings. The van der Waals surface area contributed by atoms with Gasteiger partial charge < -0.3 is 34.7 Å². The third-order valence-corrected chi connectivity index (χ3v) is 9.95. The number of hydrogen-bond acceptors (Lipinski definition) is 12. The molecule has 1 aliphatic heterocycles. The van der Waals surface area contributed by atoms with Gasteiger partial charge in [0.15, 0.2) is 17.1 Å². The second-order valence-electron chi connectivity index (χ2n) is 14.2. The summed E-state index contributed by atoms with van der Waals surface area (Å²) >= 11 is 0. The minimum atomic E-state index is -2.54. The van der Waals surface area contributed by atoms with Crippen molar-refractivity contribution in [1.29, 1.82) is 0 Å². The number of hydrogen-bond donors (Lipinski definition) is 3. The van der Waals surface area contributed by atoms with Gasteiger partial charge in [-0.15, -0.1) is 0 Å². The third kappa shape index (κ3) is 5.19. The monoisotopic (exact) mass is 657 g/mol. The van der Waals surface area contributed by atoms with Gasteiger partial charge in [-0.2, -0.15) is 0 Å². The Hall–Kier alpha value is -4.52. The van der Waals surface area contributed by atoms with Crippen LogP contribution in [0.5, 0.6) is 11.6 Å². The summed E-state index contributed by atoms with van der Waals surface area (Å²) in [6.45, 7) is 6.08. The molecule has 48 heavy (non-hydrogen) atoms. The smallest absolute Gasteiger partial charge is 0.508 e. The van der Waals surface area contributed by atoms with E-state index < -0.39 is 52.6 Å². The first-order valence-electron chi connectivity index (χ1n) is 16.2. The van der Waals surface area contributed by atoms with E-state index in [1.165, 1.54) is 0 Å². The van der Waals surface area contributed by atoms with E-state index >= 15 is 0 Å². The highest BCUT2D eigenvalue weighted by Crippen LogP contribution is 2.55. The number of likely N-dealkylation sites (tertiary alicyclic amines) is 1. The number of rotatable bonds is 5. The number of ketones is 2. The molecule has 252 valence electrons. The quantitative estimate of drug-likeness (QED) is 0.244. The number of nitrogens with two attached hydrogens (primary N) is 1. The summed E-state index contributed by atoms with van der Waals surface area (Å²) in [5.41, 5.74) is 5.37. The van der Waals surface area contributed by atoms with Crippen LogP contribution in [0.1, 0.15) is 95.3 Å². The van der Waals surface area contributed by atoms with Crippen LogP contribution in [0.2, 0.25) is 0 Å². The molecule has 1 unspecified atom stereocenters. The molecule has 0 amide bonds. The average molecular weight is 658 g/mol. The van der Waals surface area contributed by atoms with Gasteiger partial charge in [-0.3, -0.25) is 14.5 Å². The molecular formula is C36H39N3O9. The SMILES string of the molecule is CN1CCCC1c1cc2c(c(OC(=O)OC(C)(C)C)c1)C(=O)C1=C(O)[C@]3(O)C(=O)c4c(OCc5ccccc5)noc4[C@@H](N)[C@@H]3C[C@@H]1C2. The molecule has 4 N–H and O–H groups in total. The number of nitrogens with zero attached hydrogens (tertiary/aromatic N) is 2. The Labute approximate surface area is 277 Å². The van der Waals surface area contributed by atoms with Gasteiger partial charge >= 0.3 is 6.16 Å². The van der Waals surface area contributed by atoms with Gasteiger partial charge in [0.05, 0.1) is 11.6 Å². The van der Waals surface area contributed by atoms with Crippen molar-refractivity contribution in [2.75, 3.05) is 13.6 Å². The summed E-state index contributed by atoms with van der Waals surface area (Å²) in [6, 6.07) is 11.9. The van der Waals surface area contributed by atoms with Gasteiger partial charge in [0.25, 0.3) is 5.88 Å². The molecule has 2 heterocycles. The van der Waals surface area contributed by atoms with Crippen LogP contribution in [0.15, 0.2) is 58.3 Å². The average Bonchev–Trinajstić information content (AvgIpc) is 3.66. The molecule has 2 aromatic carbocycles. The van der Waals surface area contributed by atoms with Crippen LogP contribution in [0.3, 0.4) is 0 Å². The number of aliphatic hydroxyl groups is 2. The summed E-state index contributed by atoms with van der Waals surface area (Å²) in [5, 5.41) is 27.9. The van der Waals surface area contributed by atoms with E-state index in [1.54, 1.807) is 26.8 Å². The standard InChI is InChI=1S/C36H39N3O9/c1-35(2,3)47-34(43)46-24-16-19(23-11-8-12-39(23)4)13-20-14-21-15-22-28(37)30-27(33(38-48-30)45-17-18-9-6-5-7-10-18)32(42)36(22,44)31(41)26(21)29(40)25(20)24/h5-7,9-10,13,16,21-23,28,41,44H,8,11-12,14-15,17,37H2,1-4H3/t21-,22-,23?,28-,36-/m0/s1. The zero-order chi connectivity index (χ0) is 34.1. The molecule has 0 bridgehead atoms. The number of carbonyl (C=O) groups is 3. The van der Waals surface area contributed by atoms with E-state index in [0.29, 0.717) is 5.56 Å². The van der Waals surface area contributed by atoms with Crippen molar-refractivity contribution in [2.24, 2.45) is 17.6 Å². The fourth-order valence-electron chi connectivity index (χ4n) is 7.73. The van der Waals surface area contributed by atoms with Crippen LogP contribution in [-0.2, 0) is 17.8 Å². The largest absolute Gasteiger partial charge is 0.514 e. The van der Waals surface area contributed by atoms with E-state index in [-0.39, 0.29) is 59.6 Å². The van der Waals surface area contributed by atoms with Crippen molar-refractivity contribution >= 4 is 17.7 Å². The maximum Gasteiger partial charge on any atom is 0.514 e. The maximum absolute atomic E-state index is 14.4. The van der Waals surface area contributed by atoms with Crippen LogP contribution in [0.25, 0.3) is 0 Å². The Morgan fingerprint density at radius 1 is 1.17 bits per heavy atom. The molecule has 12 nitrogen and oxygen atoms in total. The first-order valence-corrected chi connectivity index (χ1v) is 16.2. The number of Topliss-reactive ketones (excluding diaryl/α,β-unsaturated/α-hetero) is 2. The Morgan fingerprint density at radius 2 is 1.92 bits per heavy atom. The number of carbonyl (C=O) groups excluding carboxylic acids is 3. The molecule has 1 aromatic heterocycles. The molecular weight excluding hydrogens is 618 g/mol. The molecule has 1 saturated heterocycles. The molecule has 0 saturated carbocycles. The van der Waals surface area contributed by atoms with Gasteiger partial charge in [0.2, 0.25) is 5.78 Å². The van der Waals surface area contributed by atoms with E-state index in [4.69, 9.17) is 24.5 Å². The van der Waals surface area contributed by atoms with Gasteiger partial charge in [0, 0.05) is 17.5 Å². The number of fused-ring (bicyclic) bond motifs is 4. The Balaban J connectivity index is 1.29. The summed E-state index contributed by atoms with van der Waals surface area (Å²) < 4.78 is 22.4. The summed E-state index contributed by atoms with van der Waals surface area (Å²) in [5.74, 6) is -4.05. The van der Waals surface area contributed by atoms with Crippen molar-refractivity contribution < 1.29 is 43.3 Å². The molecule has 0 radical (unpaired) electrons. The van der Waals surface area contributed by atoms with Gasteiger partial charge in [-0.25, -0.2) is 4.79 Å². The van der Waals surface area contributed by atoms with Crippen LogP contribution < -0.4 is 15.2 Å². The van der Waals surface area contributed by atoms with E-state index in [9.17, 15) is 24.6 Å². The van der Waals surface area contributed by atoms with Crippen molar-refractivity contribution in [3.05, 3.63) is 87.4 Å². The Bertz CT molecular complexity index is 1840. The normalized spacial score (nSPS) is 26.8. The number of allylic oxidation sites excluding steroid dienone is 1. The second-order valence-corrected chi connectivity index (χ2v) is 14.2. The van der Waals surface area contributed by atoms with E-state index in [1.807, 2.05) is 43.4 Å². The predicted molar refractivity (Wildman–Crippen MR) is 171 cm³/mol. The number of benzene rings is 2. The van der Waals surface area contributed by atoms with Gasteiger partial charge in [0.1, 0.15) is 29.3 Å². The highest BCUT2D eigenvalue weighted by molar-refractivity contribution is 6.16. The van der Waals surface area contributed by atoms with Crippen LogP contribution >= 0.6 is 0 Å². The summed E-state index contributed by atoms with van der Waals surface area (Å²) in [6.07, 6.45) is 1.29. The maximum atomic E-state index is 14.4. The fourth-order valence-corrected chi connectivity index (χ4v) is 7.73. The highest BCUT2D eigenvalue weighted by atomic mass is 16.7. The molecule has 4 aliphatic rings. The third-order valence-electron chi connectivity index (χ3n) is 9.95. The van der Waals surface area contributed by atoms with Crippen molar-refractivity contribution in [3.63, 3.8) is 0 Å². The lowest BCUT2D eigenvalue weighted by Gasteiger charge is -2.47. The fraction of sp³-hybridized carbons (Fsp3) is 0.444. The van der Waals surface area contributed by atoms with E-state index in [0.717, 1.165) is 30.5 Å². The second kappa shape index (κ2) is 11.6. The Morgan fingerprint density at radius 3 is 2.60 bits per heavy atom. The van der Waals surface area contributed by atoms with Crippen molar-refractivity contribution in [2.45, 2.75) is 76.3 Å². The molecule has 12 heteroatoms. The van der Waals surface area contributed by atoms with Crippen LogP contribution in [0, 0.1) is 11.8 Å². The number of aromatic nitrogens is 1. The molecule has 3 aliphatic carbocycles.